The zero-order chi connectivity index (χ0) is 24.3. The first-order chi connectivity index (χ1) is 14.9. The van der Waals surface area contributed by atoms with Crippen LogP contribution in [-0.4, -0.2) is 54.2 Å². The Kier molecular flexibility index (Phi) is 7.87. The number of benzene rings is 1. The highest BCUT2D eigenvalue weighted by Gasteiger charge is 2.57. The van der Waals surface area contributed by atoms with Gasteiger partial charge in [0.15, 0.2) is 5.78 Å². The van der Waals surface area contributed by atoms with E-state index in [1.54, 1.807) is 0 Å². The molecule has 0 saturated heterocycles. The first kappa shape index (κ1) is 25.6. The van der Waals surface area contributed by atoms with Gasteiger partial charge in [0, 0.05) is 12.3 Å². The highest BCUT2D eigenvalue weighted by Crippen LogP contribution is 2.47. The third-order valence-corrected chi connectivity index (χ3v) is 5.10. The predicted octanol–water partition coefficient (Wildman–Crippen LogP) is 3.09. The van der Waals surface area contributed by atoms with Gasteiger partial charge in [-0.15, -0.1) is 0 Å². The zero-order valence-electron chi connectivity index (χ0n) is 17.6. The second kappa shape index (κ2) is 9.85. The normalized spacial score (nSPS) is 26.0. The molecule has 1 aliphatic rings. The molecular formula is C21H24F4O7. The van der Waals surface area contributed by atoms with E-state index in [1.807, 2.05) is 0 Å². The molecule has 7 nitrogen and oxygen atoms in total. The molecule has 1 N–H and O–H groups in total. The van der Waals surface area contributed by atoms with E-state index in [0.29, 0.717) is 0 Å². The van der Waals surface area contributed by atoms with E-state index in [1.165, 1.54) is 32.9 Å². The Hall–Kier alpha value is -2.69. The number of hydrogen-bond donors (Lipinski definition) is 1. The molecule has 0 bridgehead atoms. The van der Waals surface area contributed by atoms with E-state index >= 15 is 0 Å². The van der Waals surface area contributed by atoms with Crippen LogP contribution in [0.3, 0.4) is 0 Å². The standard InChI is InChI=1S/C21H24F4O7/c1-4-30-17(27)15-13(26)10-20(3,29)16(18(28)31-5-2)14(15)11-7-6-8-12(9-11)32-21(24,25)19(22)23/h6-9,14-16,19,29H,4-5,10H2,1-3H3/t14-,15-,16-,20-/m1/s1. The van der Waals surface area contributed by atoms with Crippen LogP contribution in [0.15, 0.2) is 24.3 Å². The lowest BCUT2D eigenvalue weighted by atomic mass is 9.61. The van der Waals surface area contributed by atoms with Crippen LogP contribution in [0.1, 0.15) is 38.7 Å². The number of ether oxygens (including phenoxy) is 3. The SMILES string of the molecule is CCOC(=O)[C@@H]1C(=O)C[C@@](C)(O)[C@@H](C(=O)OCC)[C@@H]1c1cccc(OC(F)(F)C(F)F)c1. The highest BCUT2D eigenvalue weighted by molar-refractivity contribution is 6.02. The fourth-order valence-electron chi connectivity index (χ4n) is 3.87. The molecule has 2 rings (SSSR count). The Balaban J connectivity index is 2.62. The molecule has 1 saturated carbocycles. The first-order valence-electron chi connectivity index (χ1n) is 9.89. The van der Waals surface area contributed by atoms with Gasteiger partial charge in [-0.1, -0.05) is 12.1 Å². The second-order valence-electron chi connectivity index (χ2n) is 7.52. The van der Waals surface area contributed by atoms with Crippen molar-refractivity contribution >= 4 is 17.7 Å². The number of carbonyl (C=O) groups excluding carboxylic acids is 3. The molecule has 32 heavy (non-hydrogen) atoms. The summed E-state index contributed by atoms with van der Waals surface area (Å²) in [6.45, 7) is 4.07. The molecule has 1 aromatic carbocycles. The van der Waals surface area contributed by atoms with Gasteiger partial charge >= 0.3 is 24.5 Å². The largest absolute Gasteiger partial charge is 0.466 e. The number of ketones is 1. The summed E-state index contributed by atoms with van der Waals surface area (Å²) in [6, 6.07) is 4.35. The second-order valence-corrected chi connectivity index (χ2v) is 7.52. The number of alkyl halides is 4. The summed E-state index contributed by atoms with van der Waals surface area (Å²) < 4.78 is 65.9. The van der Waals surface area contributed by atoms with Crippen molar-refractivity contribution in [1.82, 2.24) is 0 Å². The number of hydrogen-bond acceptors (Lipinski definition) is 7. The number of halogens is 4. The van der Waals surface area contributed by atoms with Gasteiger partial charge < -0.3 is 19.3 Å². The number of carbonyl (C=O) groups is 3. The molecule has 11 heteroatoms. The first-order valence-corrected chi connectivity index (χ1v) is 9.89. The van der Waals surface area contributed by atoms with Crippen molar-refractivity contribution in [2.75, 3.05) is 13.2 Å². The van der Waals surface area contributed by atoms with Gasteiger partial charge in [-0.3, -0.25) is 14.4 Å². The molecule has 0 amide bonds. The number of Topliss-reactive ketones (excluding diaryl/α,β-unsaturated/α-hetero) is 1. The Morgan fingerprint density at radius 1 is 1.19 bits per heavy atom. The van der Waals surface area contributed by atoms with Crippen molar-refractivity contribution in [3.05, 3.63) is 29.8 Å². The maximum atomic E-state index is 13.4. The average Bonchev–Trinajstić information content (AvgIpc) is 2.66. The quantitative estimate of drug-likeness (QED) is 0.359. The maximum Gasteiger partial charge on any atom is 0.461 e. The number of rotatable bonds is 8. The van der Waals surface area contributed by atoms with Gasteiger partial charge in [0.1, 0.15) is 11.7 Å². The monoisotopic (exact) mass is 464 g/mol. The molecule has 1 aliphatic carbocycles. The molecule has 0 aromatic heterocycles. The van der Waals surface area contributed by atoms with E-state index in [4.69, 9.17) is 9.47 Å². The van der Waals surface area contributed by atoms with Crippen molar-refractivity contribution in [3.8, 4) is 5.75 Å². The van der Waals surface area contributed by atoms with Crippen molar-refractivity contribution in [1.29, 1.82) is 0 Å². The average molecular weight is 464 g/mol. The van der Waals surface area contributed by atoms with E-state index < -0.39 is 65.8 Å². The van der Waals surface area contributed by atoms with E-state index in [0.717, 1.165) is 12.1 Å². The van der Waals surface area contributed by atoms with Crippen molar-refractivity contribution < 1.29 is 51.3 Å². The van der Waals surface area contributed by atoms with Gasteiger partial charge in [-0.25, -0.2) is 0 Å². The Labute approximate surface area is 181 Å². The zero-order valence-corrected chi connectivity index (χ0v) is 17.6. The highest BCUT2D eigenvalue weighted by atomic mass is 19.3. The molecule has 1 fully saturated rings. The molecule has 0 unspecified atom stereocenters. The van der Waals surface area contributed by atoms with Crippen LogP contribution in [-0.2, 0) is 23.9 Å². The maximum absolute atomic E-state index is 13.4. The van der Waals surface area contributed by atoms with Gasteiger partial charge in [-0.2, -0.15) is 17.6 Å². The number of aliphatic hydroxyl groups is 1. The predicted molar refractivity (Wildman–Crippen MR) is 101 cm³/mol. The van der Waals surface area contributed by atoms with Crippen LogP contribution < -0.4 is 4.74 Å². The molecule has 4 atom stereocenters. The van der Waals surface area contributed by atoms with Crippen LogP contribution in [0, 0.1) is 11.8 Å². The summed E-state index contributed by atoms with van der Waals surface area (Å²) in [5, 5.41) is 10.9. The molecule has 0 heterocycles. The van der Waals surface area contributed by atoms with Crippen LogP contribution in [0.2, 0.25) is 0 Å². The van der Waals surface area contributed by atoms with Crippen molar-refractivity contribution in [2.45, 2.75) is 51.2 Å². The molecule has 1 aromatic rings. The van der Waals surface area contributed by atoms with E-state index in [-0.39, 0.29) is 18.8 Å². The van der Waals surface area contributed by atoms with Crippen molar-refractivity contribution in [3.63, 3.8) is 0 Å². The Morgan fingerprint density at radius 3 is 2.34 bits per heavy atom. The lowest BCUT2D eigenvalue weighted by molar-refractivity contribution is -0.253. The molecule has 0 radical (unpaired) electrons. The smallest absolute Gasteiger partial charge is 0.461 e. The third-order valence-electron chi connectivity index (χ3n) is 5.10. The van der Waals surface area contributed by atoms with Gasteiger partial charge in [0.05, 0.1) is 24.7 Å². The van der Waals surface area contributed by atoms with Gasteiger partial charge in [0.25, 0.3) is 0 Å². The summed E-state index contributed by atoms with van der Waals surface area (Å²) in [6.07, 6.45) is -9.47. The minimum absolute atomic E-state index is 0.0444. The Bertz CT molecular complexity index is 856. The van der Waals surface area contributed by atoms with Crippen LogP contribution in [0.25, 0.3) is 0 Å². The van der Waals surface area contributed by atoms with Crippen molar-refractivity contribution in [2.24, 2.45) is 11.8 Å². The molecule has 0 spiro atoms. The lowest BCUT2D eigenvalue weighted by Crippen LogP contribution is -2.55. The Morgan fingerprint density at radius 2 is 1.78 bits per heavy atom. The third kappa shape index (κ3) is 5.37. The van der Waals surface area contributed by atoms with Crippen LogP contribution >= 0.6 is 0 Å². The summed E-state index contributed by atoms with van der Waals surface area (Å²) >= 11 is 0. The summed E-state index contributed by atoms with van der Waals surface area (Å²) in [7, 11) is 0. The fraction of sp³-hybridized carbons (Fsp3) is 0.571. The fourth-order valence-corrected chi connectivity index (χ4v) is 3.87. The molecule has 0 aliphatic heterocycles. The van der Waals surface area contributed by atoms with E-state index in [2.05, 4.69) is 4.74 Å². The number of esters is 2. The topological polar surface area (TPSA) is 99.1 Å². The van der Waals surface area contributed by atoms with Gasteiger partial charge in [0.2, 0.25) is 0 Å². The van der Waals surface area contributed by atoms with E-state index in [9.17, 15) is 37.1 Å². The minimum atomic E-state index is -4.80. The van der Waals surface area contributed by atoms with Crippen LogP contribution in [0.5, 0.6) is 5.75 Å². The summed E-state index contributed by atoms with van der Waals surface area (Å²) in [4.78, 5) is 38.1. The molecule has 178 valence electrons. The summed E-state index contributed by atoms with van der Waals surface area (Å²) in [5.74, 6) is -7.71. The lowest BCUT2D eigenvalue weighted by Gasteiger charge is -2.43. The van der Waals surface area contributed by atoms with Crippen LogP contribution in [0.4, 0.5) is 17.6 Å². The molecular weight excluding hydrogens is 440 g/mol. The van der Waals surface area contributed by atoms with Gasteiger partial charge in [-0.05, 0) is 38.5 Å². The summed E-state index contributed by atoms with van der Waals surface area (Å²) in [5.41, 5.74) is -1.99. The minimum Gasteiger partial charge on any atom is -0.466 e.